The van der Waals surface area contributed by atoms with Crippen LogP contribution in [0.3, 0.4) is 0 Å². The molecule has 1 saturated carbocycles. The van der Waals surface area contributed by atoms with E-state index in [0.717, 1.165) is 43.0 Å². The van der Waals surface area contributed by atoms with Gasteiger partial charge in [0.25, 0.3) is 5.91 Å². The zero-order chi connectivity index (χ0) is 21.6. The van der Waals surface area contributed by atoms with Crippen molar-refractivity contribution in [2.24, 2.45) is 0 Å². The highest BCUT2D eigenvalue weighted by molar-refractivity contribution is 5.97. The van der Waals surface area contributed by atoms with Gasteiger partial charge in [0, 0.05) is 17.3 Å². The van der Waals surface area contributed by atoms with E-state index in [4.69, 9.17) is 0 Å². The molecule has 2 amide bonds. The summed E-state index contributed by atoms with van der Waals surface area (Å²) in [6.45, 7) is 2.06. The smallest absolute Gasteiger partial charge is 0.270 e. The van der Waals surface area contributed by atoms with Crippen LogP contribution in [-0.4, -0.2) is 49.5 Å². The lowest BCUT2D eigenvalue weighted by atomic mass is 10.0. The highest BCUT2D eigenvalue weighted by Gasteiger charge is 2.34. The summed E-state index contributed by atoms with van der Waals surface area (Å²) in [6, 6.07) is 10.5. The van der Waals surface area contributed by atoms with E-state index in [9.17, 15) is 9.59 Å². The third-order valence-electron chi connectivity index (χ3n) is 5.84. The average molecular weight is 422 g/mol. The molecule has 1 fully saturated rings. The summed E-state index contributed by atoms with van der Waals surface area (Å²) < 4.78 is 0. The van der Waals surface area contributed by atoms with E-state index >= 15 is 0 Å². The highest BCUT2D eigenvalue weighted by Crippen LogP contribution is 2.32. The number of aromatic nitrogens is 5. The van der Waals surface area contributed by atoms with Crippen LogP contribution in [0.5, 0.6) is 0 Å². The Bertz CT molecular complexity index is 1040. The third-order valence-corrected chi connectivity index (χ3v) is 5.84. The second-order valence-corrected chi connectivity index (χ2v) is 7.98. The van der Waals surface area contributed by atoms with Crippen LogP contribution in [0.25, 0.3) is 10.9 Å². The fourth-order valence-electron chi connectivity index (χ4n) is 4.15. The lowest BCUT2D eigenvalue weighted by Gasteiger charge is -2.23. The number of pyridine rings is 1. The van der Waals surface area contributed by atoms with Crippen LogP contribution in [0, 0.1) is 0 Å². The van der Waals surface area contributed by atoms with E-state index < -0.39 is 6.04 Å². The second-order valence-electron chi connectivity index (χ2n) is 7.98. The summed E-state index contributed by atoms with van der Waals surface area (Å²) in [5.74, 6) is 0.135. The molecule has 2 heterocycles. The van der Waals surface area contributed by atoms with E-state index in [1.807, 2.05) is 30.3 Å². The standard InChI is InChI=1S/C22H27N7O2/c1-2-3-9-18(21(30)24-17-11-6-8-15(17)20-26-28-29-27-20)25-22(31)19-13-12-14-7-4-5-10-16(14)23-19/h4-5,7,10,12-13,15,17-18H,2-3,6,8-9,11H2,1H3,(H,24,30)(H,25,31)(H,26,27,28,29)/t15-,17+,18+/m1/s1. The van der Waals surface area contributed by atoms with Crippen LogP contribution in [0.15, 0.2) is 36.4 Å². The Morgan fingerprint density at radius 3 is 2.87 bits per heavy atom. The predicted octanol–water partition coefficient (Wildman–Crippen LogP) is 2.49. The minimum Gasteiger partial charge on any atom is -0.351 e. The summed E-state index contributed by atoms with van der Waals surface area (Å²) in [6.07, 6.45) is 5.08. The molecular formula is C22H27N7O2. The molecule has 1 aromatic carbocycles. The molecule has 3 N–H and O–H groups in total. The van der Waals surface area contributed by atoms with Crippen molar-refractivity contribution in [3.05, 3.63) is 47.9 Å². The Labute approximate surface area is 180 Å². The highest BCUT2D eigenvalue weighted by atomic mass is 16.2. The molecule has 3 atom stereocenters. The number of aromatic amines is 1. The first kappa shape index (κ1) is 20.9. The SMILES string of the molecule is CCCC[C@H](NC(=O)c1ccc2ccccc2n1)C(=O)N[C@H]1CCC[C@H]1c1nn[nH]n1. The Kier molecular flexibility index (Phi) is 6.49. The fraction of sp³-hybridized carbons (Fsp3) is 0.455. The molecule has 0 spiro atoms. The van der Waals surface area contributed by atoms with Crippen molar-refractivity contribution in [1.29, 1.82) is 0 Å². The average Bonchev–Trinajstić information content (AvgIpc) is 3.48. The van der Waals surface area contributed by atoms with E-state index in [1.54, 1.807) is 6.07 Å². The lowest BCUT2D eigenvalue weighted by molar-refractivity contribution is -0.124. The molecule has 3 aromatic rings. The second kappa shape index (κ2) is 9.63. The van der Waals surface area contributed by atoms with Gasteiger partial charge in [-0.1, -0.05) is 55.7 Å². The van der Waals surface area contributed by atoms with Gasteiger partial charge in [-0.2, -0.15) is 5.21 Å². The van der Waals surface area contributed by atoms with Gasteiger partial charge >= 0.3 is 0 Å². The van der Waals surface area contributed by atoms with E-state index in [1.165, 1.54) is 0 Å². The molecule has 0 saturated heterocycles. The topological polar surface area (TPSA) is 126 Å². The number of amides is 2. The first-order valence-electron chi connectivity index (χ1n) is 10.9. The molecule has 9 heteroatoms. The number of fused-ring (bicyclic) bond motifs is 1. The Morgan fingerprint density at radius 2 is 2.06 bits per heavy atom. The van der Waals surface area contributed by atoms with Gasteiger partial charge in [0.05, 0.1) is 5.52 Å². The van der Waals surface area contributed by atoms with Crippen LogP contribution in [0.2, 0.25) is 0 Å². The fourth-order valence-corrected chi connectivity index (χ4v) is 4.15. The van der Waals surface area contributed by atoms with E-state index in [-0.39, 0.29) is 23.8 Å². The first-order chi connectivity index (χ1) is 15.2. The van der Waals surface area contributed by atoms with Crippen molar-refractivity contribution in [3.63, 3.8) is 0 Å². The molecule has 0 radical (unpaired) electrons. The molecule has 162 valence electrons. The van der Waals surface area contributed by atoms with Gasteiger partial charge in [-0.25, -0.2) is 4.98 Å². The van der Waals surface area contributed by atoms with Crippen LogP contribution in [-0.2, 0) is 4.79 Å². The van der Waals surface area contributed by atoms with Crippen molar-refractivity contribution >= 4 is 22.7 Å². The molecule has 2 aromatic heterocycles. The van der Waals surface area contributed by atoms with Gasteiger partial charge in [0.15, 0.2) is 5.82 Å². The van der Waals surface area contributed by atoms with Gasteiger partial charge in [-0.3, -0.25) is 9.59 Å². The monoisotopic (exact) mass is 421 g/mol. The number of nitrogens with zero attached hydrogens (tertiary/aromatic N) is 4. The van der Waals surface area contributed by atoms with Crippen molar-refractivity contribution in [3.8, 4) is 0 Å². The summed E-state index contributed by atoms with van der Waals surface area (Å²) in [5, 5.41) is 21.3. The molecule has 0 aliphatic heterocycles. The van der Waals surface area contributed by atoms with Gasteiger partial charge in [0.1, 0.15) is 11.7 Å². The summed E-state index contributed by atoms with van der Waals surface area (Å²) in [4.78, 5) is 30.4. The van der Waals surface area contributed by atoms with Crippen LogP contribution in [0.1, 0.15) is 67.7 Å². The largest absolute Gasteiger partial charge is 0.351 e. The summed E-state index contributed by atoms with van der Waals surface area (Å²) >= 11 is 0. The maximum absolute atomic E-state index is 13.1. The summed E-state index contributed by atoms with van der Waals surface area (Å²) in [5.41, 5.74) is 1.05. The number of hydrogen-bond donors (Lipinski definition) is 3. The van der Waals surface area contributed by atoms with Crippen LogP contribution >= 0.6 is 0 Å². The van der Waals surface area contributed by atoms with Gasteiger partial charge < -0.3 is 10.6 Å². The van der Waals surface area contributed by atoms with Crippen molar-refractivity contribution in [1.82, 2.24) is 36.2 Å². The van der Waals surface area contributed by atoms with E-state index in [0.29, 0.717) is 17.9 Å². The quantitative estimate of drug-likeness (QED) is 0.513. The molecule has 0 bridgehead atoms. The third kappa shape index (κ3) is 4.87. The van der Waals surface area contributed by atoms with Crippen molar-refractivity contribution in [2.75, 3.05) is 0 Å². The number of benzene rings is 1. The first-order valence-corrected chi connectivity index (χ1v) is 10.9. The molecule has 1 aliphatic rings. The number of nitrogens with one attached hydrogen (secondary N) is 3. The number of para-hydroxylation sites is 1. The van der Waals surface area contributed by atoms with Crippen molar-refractivity contribution in [2.45, 2.75) is 63.5 Å². The number of carbonyl (C=O) groups excluding carboxylic acids is 2. The molecule has 1 aliphatic carbocycles. The van der Waals surface area contributed by atoms with E-state index in [2.05, 4.69) is 43.2 Å². The Balaban J connectivity index is 1.45. The minimum atomic E-state index is -0.618. The van der Waals surface area contributed by atoms with Crippen LogP contribution < -0.4 is 10.6 Å². The Morgan fingerprint density at radius 1 is 1.19 bits per heavy atom. The number of tetrazole rings is 1. The van der Waals surface area contributed by atoms with Gasteiger partial charge in [-0.05, 0) is 31.4 Å². The number of hydrogen-bond acceptors (Lipinski definition) is 6. The number of unbranched alkanes of at least 4 members (excludes halogenated alkanes) is 1. The number of H-pyrrole nitrogens is 1. The van der Waals surface area contributed by atoms with Gasteiger partial charge in [-0.15, -0.1) is 10.2 Å². The maximum atomic E-state index is 13.1. The predicted molar refractivity (Wildman–Crippen MR) is 115 cm³/mol. The normalized spacial score (nSPS) is 19.3. The van der Waals surface area contributed by atoms with Crippen LogP contribution in [0.4, 0.5) is 0 Å². The minimum absolute atomic E-state index is 0.0346. The summed E-state index contributed by atoms with van der Waals surface area (Å²) in [7, 11) is 0. The molecule has 9 nitrogen and oxygen atoms in total. The molecular weight excluding hydrogens is 394 g/mol. The zero-order valence-electron chi connectivity index (χ0n) is 17.5. The number of carbonyl (C=O) groups is 2. The lowest BCUT2D eigenvalue weighted by Crippen LogP contribution is -2.50. The number of rotatable bonds is 8. The molecule has 0 unspecified atom stereocenters. The Hall–Kier alpha value is -3.36. The van der Waals surface area contributed by atoms with Gasteiger partial charge in [0.2, 0.25) is 5.91 Å². The molecule has 31 heavy (non-hydrogen) atoms. The zero-order valence-corrected chi connectivity index (χ0v) is 17.5. The molecule has 4 rings (SSSR count). The van der Waals surface area contributed by atoms with Crippen molar-refractivity contribution < 1.29 is 9.59 Å². The maximum Gasteiger partial charge on any atom is 0.270 e.